The summed E-state index contributed by atoms with van der Waals surface area (Å²) < 4.78 is 0. The van der Waals surface area contributed by atoms with E-state index in [1.165, 1.54) is 25.7 Å². The van der Waals surface area contributed by atoms with E-state index < -0.39 is 15.4 Å². The second kappa shape index (κ2) is 3.19. The molecule has 2 fully saturated rings. The lowest BCUT2D eigenvalue weighted by molar-refractivity contribution is 0.435. The highest BCUT2D eigenvalue weighted by Gasteiger charge is 2.54. The molecule has 0 amide bonds. The first-order chi connectivity index (χ1) is 6.32. The van der Waals surface area contributed by atoms with Crippen molar-refractivity contribution in [2.24, 2.45) is 11.8 Å². The Morgan fingerprint density at radius 2 is 1.64 bits per heavy atom. The Morgan fingerprint density at radius 3 is 2.00 bits per heavy atom. The van der Waals surface area contributed by atoms with E-state index in [4.69, 9.17) is 0 Å². The minimum Gasteiger partial charge on any atom is -0.302 e. The third kappa shape index (κ3) is 1.53. The van der Waals surface area contributed by atoms with Gasteiger partial charge in [0.1, 0.15) is 0 Å². The molecular formula is C11H23OSi2. The van der Waals surface area contributed by atoms with Crippen molar-refractivity contribution in [2.45, 2.75) is 57.4 Å². The zero-order chi connectivity index (χ0) is 10.6. The van der Waals surface area contributed by atoms with Crippen LogP contribution in [0.15, 0.2) is 0 Å². The minimum atomic E-state index is -2.10. The molecule has 2 rings (SSSR count). The fraction of sp³-hybridized carbons (Fsp3) is 1.00. The van der Waals surface area contributed by atoms with Crippen LogP contribution in [0, 0.1) is 11.8 Å². The molecule has 2 aliphatic rings. The molecule has 0 spiro atoms. The first-order valence-electron chi connectivity index (χ1n) is 6.03. The normalized spacial score (nSPS) is 37.9. The summed E-state index contributed by atoms with van der Waals surface area (Å²) in [6, 6.07) is 0. The summed E-state index contributed by atoms with van der Waals surface area (Å²) in [5, 5.41) is 0. The van der Waals surface area contributed by atoms with Crippen LogP contribution in [0.2, 0.25) is 31.7 Å². The number of fused-ring (bicyclic) bond motifs is 2. The molecule has 0 aromatic heterocycles. The van der Waals surface area contributed by atoms with Gasteiger partial charge in [-0.15, -0.1) is 0 Å². The molecule has 1 nitrogen and oxygen atoms in total. The van der Waals surface area contributed by atoms with Crippen LogP contribution in [0.3, 0.4) is 0 Å². The number of hydrogen-bond donors (Lipinski definition) is 0. The van der Waals surface area contributed by atoms with Crippen molar-refractivity contribution in [3.8, 4) is 0 Å². The maximum absolute atomic E-state index is 12.4. The Kier molecular flexibility index (Phi) is 2.48. The van der Waals surface area contributed by atoms with Gasteiger partial charge in [-0.25, -0.2) is 0 Å². The molecule has 0 aromatic rings. The van der Waals surface area contributed by atoms with Gasteiger partial charge in [0.05, 0.1) is 7.59 Å². The Balaban J connectivity index is 2.16. The van der Waals surface area contributed by atoms with Gasteiger partial charge >= 0.3 is 0 Å². The molecule has 3 unspecified atom stereocenters. The lowest BCUT2D eigenvalue weighted by atomic mass is 10.0. The predicted molar refractivity (Wildman–Crippen MR) is 64.8 cm³/mol. The average molecular weight is 227 g/mol. The van der Waals surface area contributed by atoms with Crippen molar-refractivity contribution < 1.29 is 4.80 Å². The number of rotatable bonds is 2. The van der Waals surface area contributed by atoms with E-state index in [1.807, 2.05) is 0 Å². The van der Waals surface area contributed by atoms with Crippen LogP contribution in [0.5, 0.6) is 0 Å². The molecule has 81 valence electrons. The second-order valence-corrected chi connectivity index (χ2v) is 21.2. The molecule has 3 atom stereocenters. The first kappa shape index (κ1) is 10.9. The molecule has 0 aliphatic heterocycles. The van der Waals surface area contributed by atoms with Gasteiger partial charge in [-0.3, -0.25) is 0 Å². The molecule has 0 saturated heterocycles. The van der Waals surface area contributed by atoms with Gasteiger partial charge in [-0.05, 0) is 43.3 Å². The predicted octanol–water partition coefficient (Wildman–Crippen LogP) is 3.60. The SMILES string of the molecule is C[Si](C)([O])[Si](C)(C)C1CC2CCC1C2. The van der Waals surface area contributed by atoms with E-state index in [9.17, 15) is 4.80 Å². The van der Waals surface area contributed by atoms with Crippen molar-refractivity contribution in [1.82, 2.24) is 0 Å². The Labute approximate surface area is 89.8 Å². The maximum Gasteiger partial charge on any atom is 0.218 e. The number of hydrogen-bond acceptors (Lipinski definition) is 0. The monoisotopic (exact) mass is 227 g/mol. The van der Waals surface area contributed by atoms with Crippen LogP contribution in [0.4, 0.5) is 0 Å². The van der Waals surface area contributed by atoms with Crippen molar-refractivity contribution in [1.29, 1.82) is 0 Å². The fourth-order valence-corrected chi connectivity index (χ4v) is 10.6. The van der Waals surface area contributed by atoms with Gasteiger partial charge in [0, 0.05) is 0 Å². The van der Waals surface area contributed by atoms with Crippen LogP contribution < -0.4 is 0 Å². The van der Waals surface area contributed by atoms with Gasteiger partial charge in [-0.1, -0.05) is 25.9 Å². The second-order valence-electron chi connectivity index (χ2n) is 6.51. The quantitative estimate of drug-likeness (QED) is 0.643. The van der Waals surface area contributed by atoms with Crippen molar-refractivity contribution in [3.05, 3.63) is 0 Å². The minimum absolute atomic E-state index is 0.889. The van der Waals surface area contributed by atoms with Crippen molar-refractivity contribution >= 4 is 15.4 Å². The van der Waals surface area contributed by atoms with Crippen LogP contribution in [0.25, 0.3) is 0 Å². The van der Waals surface area contributed by atoms with Gasteiger partial charge in [0.25, 0.3) is 0 Å². The highest BCUT2D eigenvalue weighted by atomic mass is 29.3. The van der Waals surface area contributed by atoms with E-state index in [-0.39, 0.29) is 0 Å². The van der Waals surface area contributed by atoms with Crippen LogP contribution >= 0.6 is 0 Å². The third-order valence-corrected chi connectivity index (χ3v) is 21.3. The van der Waals surface area contributed by atoms with E-state index in [2.05, 4.69) is 26.2 Å². The van der Waals surface area contributed by atoms with E-state index in [0.29, 0.717) is 0 Å². The summed E-state index contributed by atoms with van der Waals surface area (Å²) in [5.74, 6) is 1.97. The third-order valence-electron chi connectivity index (χ3n) is 5.22. The molecule has 2 saturated carbocycles. The summed E-state index contributed by atoms with van der Waals surface area (Å²) in [5.41, 5.74) is 0.889. The van der Waals surface area contributed by atoms with Crippen LogP contribution in [0.1, 0.15) is 25.7 Å². The summed E-state index contributed by atoms with van der Waals surface area (Å²) in [6.45, 7) is 8.89. The summed E-state index contributed by atoms with van der Waals surface area (Å²) in [6.07, 6.45) is 5.79. The average Bonchev–Trinajstić information content (AvgIpc) is 2.61. The summed E-state index contributed by atoms with van der Waals surface area (Å²) in [4.78, 5) is 12.4. The Hall–Kier alpha value is 0.394. The summed E-state index contributed by atoms with van der Waals surface area (Å²) >= 11 is 0. The highest BCUT2D eigenvalue weighted by Crippen LogP contribution is 2.56. The van der Waals surface area contributed by atoms with E-state index in [0.717, 1.165) is 17.4 Å². The van der Waals surface area contributed by atoms with Crippen molar-refractivity contribution in [2.75, 3.05) is 0 Å². The molecule has 2 bridgehead atoms. The van der Waals surface area contributed by atoms with Gasteiger partial charge in [0.15, 0.2) is 0 Å². The molecule has 2 aliphatic carbocycles. The fourth-order valence-electron chi connectivity index (χ4n) is 3.58. The largest absolute Gasteiger partial charge is 0.302 e. The maximum atomic E-state index is 12.4. The molecule has 3 heteroatoms. The van der Waals surface area contributed by atoms with Crippen molar-refractivity contribution in [3.63, 3.8) is 0 Å². The molecule has 1 radical (unpaired) electrons. The molecule has 0 aromatic carbocycles. The highest BCUT2D eigenvalue weighted by molar-refractivity contribution is 7.38. The smallest absolute Gasteiger partial charge is 0.218 e. The van der Waals surface area contributed by atoms with Gasteiger partial charge in [-0.2, -0.15) is 0 Å². The Bertz CT molecular complexity index is 232. The lowest BCUT2D eigenvalue weighted by Gasteiger charge is -2.41. The molecule has 0 heterocycles. The van der Waals surface area contributed by atoms with E-state index in [1.54, 1.807) is 0 Å². The standard InChI is InChI=1S/C11H23OSi2/c1-13(2,14(3,4)12)11-8-9-5-6-10(11)7-9/h9-11H,5-8H2,1-4H3. The summed E-state index contributed by atoms with van der Waals surface area (Å²) in [7, 11) is -3.54. The zero-order valence-corrected chi connectivity index (χ0v) is 12.0. The molecular weight excluding hydrogens is 204 g/mol. The lowest BCUT2D eigenvalue weighted by Crippen LogP contribution is -2.58. The topological polar surface area (TPSA) is 19.9 Å². The zero-order valence-electron chi connectivity index (χ0n) is 9.97. The van der Waals surface area contributed by atoms with Crippen LogP contribution in [-0.4, -0.2) is 15.4 Å². The van der Waals surface area contributed by atoms with Gasteiger partial charge in [0.2, 0.25) is 7.83 Å². The molecule has 0 N–H and O–H groups in total. The molecule has 14 heavy (non-hydrogen) atoms. The van der Waals surface area contributed by atoms with E-state index >= 15 is 0 Å². The van der Waals surface area contributed by atoms with Crippen LogP contribution in [-0.2, 0) is 4.80 Å². The van der Waals surface area contributed by atoms with Gasteiger partial charge < -0.3 is 4.80 Å². The first-order valence-corrected chi connectivity index (χ1v) is 13.0. The Morgan fingerprint density at radius 1 is 1.00 bits per heavy atom.